The minimum absolute atomic E-state index is 0.283. The molecule has 0 bridgehead atoms. The molecule has 0 aromatic carbocycles. The first kappa shape index (κ1) is 16.5. The molecule has 1 aliphatic heterocycles. The van der Waals surface area contributed by atoms with E-state index in [0.717, 1.165) is 25.0 Å². The van der Waals surface area contributed by atoms with Crippen LogP contribution in [0.15, 0.2) is 16.5 Å². The number of furan rings is 1. The van der Waals surface area contributed by atoms with Crippen molar-refractivity contribution in [1.29, 1.82) is 0 Å². The van der Waals surface area contributed by atoms with E-state index in [1.807, 2.05) is 19.1 Å². The van der Waals surface area contributed by atoms with Gasteiger partial charge in [-0.05, 0) is 44.7 Å². The van der Waals surface area contributed by atoms with Crippen LogP contribution in [0.1, 0.15) is 49.7 Å². The summed E-state index contributed by atoms with van der Waals surface area (Å²) >= 11 is 0. The summed E-state index contributed by atoms with van der Waals surface area (Å²) in [5, 5.41) is 0. The molecule has 0 radical (unpaired) electrons. The van der Waals surface area contributed by atoms with E-state index >= 15 is 0 Å². The second-order valence-corrected chi connectivity index (χ2v) is 8.04. The number of aryl methyl sites for hydroxylation is 1. The number of carbonyl (C=O) groups is 1. The summed E-state index contributed by atoms with van der Waals surface area (Å²) in [4.78, 5) is 11.5. The van der Waals surface area contributed by atoms with E-state index < -0.39 is 28.1 Å². The molecule has 3 N–H and O–H groups in total. The zero-order chi connectivity index (χ0) is 16.6. The molecule has 23 heavy (non-hydrogen) atoms. The van der Waals surface area contributed by atoms with E-state index in [0.29, 0.717) is 25.1 Å². The van der Waals surface area contributed by atoms with Gasteiger partial charge in [-0.25, -0.2) is 0 Å². The molecular formula is C15H23N3O4S. The lowest BCUT2D eigenvalue weighted by Gasteiger charge is -2.26. The van der Waals surface area contributed by atoms with Crippen LogP contribution in [0.2, 0.25) is 0 Å². The highest BCUT2D eigenvalue weighted by Crippen LogP contribution is 2.35. The molecular weight excluding hydrogens is 318 g/mol. The summed E-state index contributed by atoms with van der Waals surface area (Å²) in [7, 11) is -3.68. The summed E-state index contributed by atoms with van der Waals surface area (Å²) in [6.07, 6.45) is 3.61. The molecule has 2 fully saturated rings. The highest BCUT2D eigenvalue weighted by atomic mass is 32.2. The summed E-state index contributed by atoms with van der Waals surface area (Å²) < 4.78 is 35.3. The Kier molecular flexibility index (Phi) is 4.48. The Morgan fingerprint density at radius 1 is 1.30 bits per heavy atom. The third kappa shape index (κ3) is 3.29. The minimum Gasteiger partial charge on any atom is -0.465 e. The van der Waals surface area contributed by atoms with Gasteiger partial charge in [-0.15, -0.1) is 0 Å². The topological polar surface area (TPSA) is 106 Å². The van der Waals surface area contributed by atoms with Gasteiger partial charge in [-0.2, -0.15) is 17.4 Å². The van der Waals surface area contributed by atoms with Crippen LogP contribution in [-0.4, -0.2) is 31.2 Å². The van der Waals surface area contributed by atoms with Gasteiger partial charge in [0.25, 0.3) is 10.2 Å². The minimum atomic E-state index is -3.68. The molecule has 1 amide bonds. The quantitative estimate of drug-likeness (QED) is 0.839. The number of primary amides is 1. The van der Waals surface area contributed by atoms with Gasteiger partial charge in [-0.3, -0.25) is 4.79 Å². The Bertz CT molecular complexity index is 685. The van der Waals surface area contributed by atoms with Crippen molar-refractivity contribution < 1.29 is 17.6 Å². The maximum Gasteiger partial charge on any atom is 0.280 e. The maximum absolute atomic E-state index is 12.8. The third-order valence-corrected chi connectivity index (χ3v) is 6.44. The molecule has 1 saturated heterocycles. The van der Waals surface area contributed by atoms with Crippen LogP contribution in [0.25, 0.3) is 0 Å². The highest BCUT2D eigenvalue weighted by Gasteiger charge is 2.41. The lowest BCUT2D eigenvalue weighted by atomic mass is 10.0. The number of hydrogen-bond acceptors (Lipinski definition) is 4. The van der Waals surface area contributed by atoms with E-state index in [1.54, 1.807) is 0 Å². The normalized spacial score (nSPS) is 29.2. The van der Waals surface area contributed by atoms with Crippen molar-refractivity contribution in [3.8, 4) is 0 Å². The Hall–Kier alpha value is -1.38. The van der Waals surface area contributed by atoms with E-state index in [1.165, 1.54) is 4.31 Å². The van der Waals surface area contributed by atoms with Crippen molar-refractivity contribution in [2.45, 2.75) is 51.1 Å². The number of nitrogens with two attached hydrogens (primary N) is 1. The molecule has 3 rings (SSSR count). The number of carbonyl (C=O) groups excluding carboxylic acids is 1. The summed E-state index contributed by atoms with van der Waals surface area (Å²) in [5.74, 6) is 0.580. The molecule has 0 unspecified atom stereocenters. The first-order valence-electron chi connectivity index (χ1n) is 8.03. The van der Waals surface area contributed by atoms with Crippen LogP contribution in [0.5, 0.6) is 0 Å². The van der Waals surface area contributed by atoms with Crippen LogP contribution in [0, 0.1) is 12.8 Å². The molecule has 128 valence electrons. The van der Waals surface area contributed by atoms with Crippen molar-refractivity contribution >= 4 is 16.1 Å². The molecule has 0 spiro atoms. The molecule has 1 saturated carbocycles. The largest absolute Gasteiger partial charge is 0.465 e. The third-order valence-electron chi connectivity index (χ3n) is 4.78. The van der Waals surface area contributed by atoms with Crippen molar-refractivity contribution in [2.24, 2.45) is 11.7 Å². The second kappa shape index (κ2) is 6.26. The lowest BCUT2D eigenvalue weighted by molar-refractivity contribution is -0.122. The van der Waals surface area contributed by atoms with Crippen LogP contribution in [0.3, 0.4) is 0 Å². The number of nitrogens with one attached hydrogen (secondary N) is 1. The highest BCUT2D eigenvalue weighted by molar-refractivity contribution is 7.87. The van der Waals surface area contributed by atoms with Gasteiger partial charge in [0.2, 0.25) is 5.91 Å². The molecule has 1 aromatic heterocycles. The van der Waals surface area contributed by atoms with Gasteiger partial charge < -0.3 is 10.2 Å². The summed E-state index contributed by atoms with van der Waals surface area (Å²) in [6, 6.07) is 2.98. The van der Waals surface area contributed by atoms with E-state index in [2.05, 4.69) is 4.72 Å². The van der Waals surface area contributed by atoms with Crippen LogP contribution in [-0.2, 0) is 15.0 Å². The number of nitrogens with zero attached hydrogens (tertiary/aromatic N) is 1. The van der Waals surface area contributed by atoms with Crippen LogP contribution >= 0.6 is 0 Å². The fraction of sp³-hybridized carbons (Fsp3) is 0.667. The monoisotopic (exact) mass is 341 g/mol. The molecule has 7 nitrogen and oxygen atoms in total. The van der Waals surface area contributed by atoms with Crippen molar-refractivity contribution in [2.75, 3.05) is 6.54 Å². The molecule has 2 heterocycles. The summed E-state index contributed by atoms with van der Waals surface area (Å²) in [6.45, 7) is 2.29. The van der Waals surface area contributed by atoms with E-state index in [9.17, 15) is 13.2 Å². The second-order valence-electron chi connectivity index (χ2n) is 6.39. The van der Waals surface area contributed by atoms with Gasteiger partial charge in [0.1, 0.15) is 11.5 Å². The molecule has 3 atom stereocenters. The number of hydrogen-bond donors (Lipinski definition) is 2. The first-order valence-corrected chi connectivity index (χ1v) is 9.47. The fourth-order valence-corrected chi connectivity index (χ4v) is 5.36. The summed E-state index contributed by atoms with van der Waals surface area (Å²) in [5.41, 5.74) is 5.38. The Labute approximate surface area is 136 Å². The molecule has 1 aromatic rings. The van der Waals surface area contributed by atoms with E-state index in [-0.39, 0.29) is 6.04 Å². The van der Waals surface area contributed by atoms with Crippen molar-refractivity contribution in [3.05, 3.63) is 23.7 Å². The predicted molar refractivity (Wildman–Crippen MR) is 84.5 cm³/mol. The average Bonchev–Trinajstić information content (AvgIpc) is 3.16. The standard InChI is InChI=1S/C15H23N3O4S/c1-10-7-8-14(22-10)13-6-3-9-18(13)23(20,21)17-12-5-2-4-11(12)15(16)19/h7-8,11-13,17H,2-6,9H2,1H3,(H2,16,19)/t11-,12+,13-/m0/s1. The number of amides is 1. The Balaban J connectivity index is 1.77. The molecule has 1 aliphatic carbocycles. The zero-order valence-electron chi connectivity index (χ0n) is 13.2. The van der Waals surface area contributed by atoms with Gasteiger partial charge in [-0.1, -0.05) is 6.42 Å². The van der Waals surface area contributed by atoms with Crippen molar-refractivity contribution in [1.82, 2.24) is 9.03 Å². The number of rotatable bonds is 5. The van der Waals surface area contributed by atoms with Gasteiger partial charge in [0, 0.05) is 12.6 Å². The van der Waals surface area contributed by atoms with Crippen molar-refractivity contribution in [3.63, 3.8) is 0 Å². The fourth-order valence-electron chi connectivity index (χ4n) is 3.65. The van der Waals surface area contributed by atoms with Gasteiger partial charge in [0.15, 0.2) is 0 Å². The SMILES string of the molecule is Cc1ccc([C@@H]2CCCN2S(=O)(=O)N[C@@H]2CCC[C@@H]2C(N)=O)o1. The maximum atomic E-state index is 12.8. The predicted octanol–water partition coefficient (Wildman–Crippen LogP) is 1.21. The first-order chi connectivity index (χ1) is 10.9. The molecule has 2 aliphatic rings. The average molecular weight is 341 g/mol. The van der Waals surface area contributed by atoms with Crippen LogP contribution in [0.4, 0.5) is 0 Å². The van der Waals surface area contributed by atoms with Crippen LogP contribution < -0.4 is 10.5 Å². The van der Waals surface area contributed by atoms with E-state index in [4.69, 9.17) is 10.2 Å². The zero-order valence-corrected chi connectivity index (χ0v) is 14.0. The van der Waals surface area contributed by atoms with Gasteiger partial charge in [0.05, 0.1) is 12.0 Å². The molecule has 8 heteroatoms. The van der Waals surface area contributed by atoms with Gasteiger partial charge >= 0.3 is 0 Å². The Morgan fingerprint density at radius 2 is 2.09 bits per heavy atom. The lowest BCUT2D eigenvalue weighted by Crippen LogP contribution is -2.48. The Morgan fingerprint density at radius 3 is 2.74 bits per heavy atom. The smallest absolute Gasteiger partial charge is 0.280 e.